The molecule has 110 valence electrons. The molecule has 1 aromatic rings. The molecule has 1 saturated heterocycles. The van der Waals surface area contributed by atoms with Gasteiger partial charge in [-0.15, -0.1) is 0 Å². The lowest BCUT2D eigenvalue weighted by molar-refractivity contribution is -0.122. The van der Waals surface area contributed by atoms with E-state index in [1.807, 2.05) is 0 Å². The Balaban J connectivity index is 2.29. The van der Waals surface area contributed by atoms with Crippen LogP contribution in [-0.4, -0.2) is 31.7 Å². The number of hydrogen-bond acceptors (Lipinski definition) is 3. The highest BCUT2D eigenvalue weighted by Crippen LogP contribution is 2.28. The molecule has 1 unspecified atom stereocenters. The minimum absolute atomic E-state index is 0.0667. The van der Waals surface area contributed by atoms with Crippen LogP contribution in [0.4, 0.5) is 0 Å². The molecule has 0 bridgehead atoms. The van der Waals surface area contributed by atoms with E-state index in [1.54, 1.807) is 0 Å². The van der Waals surface area contributed by atoms with Crippen LogP contribution >= 0.6 is 23.2 Å². The van der Waals surface area contributed by atoms with Crippen LogP contribution < -0.4 is 5.73 Å². The predicted octanol–water partition coefficient (Wildman–Crippen LogP) is 1.88. The molecular weight excluding hydrogens is 323 g/mol. The van der Waals surface area contributed by atoms with Crippen LogP contribution in [0.1, 0.15) is 12.8 Å². The van der Waals surface area contributed by atoms with Crippen molar-refractivity contribution < 1.29 is 13.2 Å². The molecule has 0 aliphatic carbocycles. The van der Waals surface area contributed by atoms with E-state index in [2.05, 4.69) is 0 Å². The molecule has 0 spiro atoms. The van der Waals surface area contributed by atoms with Crippen molar-refractivity contribution in [2.75, 3.05) is 13.1 Å². The quantitative estimate of drug-likeness (QED) is 0.914. The summed E-state index contributed by atoms with van der Waals surface area (Å²) in [6.07, 6.45) is 1.22. The van der Waals surface area contributed by atoms with Crippen LogP contribution in [0.5, 0.6) is 0 Å². The number of hydrogen-bond donors (Lipinski definition) is 1. The molecule has 0 radical (unpaired) electrons. The number of rotatable bonds is 3. The summed E-state index contributed by atoms with van der Waals surface area (Å²) < 4.78 is 26.3. The maximum atomic E-state index is 12.5. The molecule has 20 heavy (non-hydrogen) atoms. The molecule has 8 heteroatoms. The average Bonchev–Trinajstić information content (AvgIpc) is 2.42. The first-order valence-corrected chi connectivity index (χ1v) is 8.26. The highest BCUT2D eigenvalue weighted by Gasteiger charge is 2.32. The van der Waals surface area contributed by atoms with Crippen molar-refractivity contribution in [2.45, 2.75) is 17.7 Å². The largest absolute Gasteiger partial charge is 0.369 e. The number of nitrogens with zero attached hydrogens (tertiary/aromatic N) is 1. The molecule has 1 heterocycles. The number of amides is 1. The minimum atomic E-state index is -3.69. The van der Waals surface area contributed by atoms with Gasteiger partial charge in [0.2, 0.25) is 15.9 Å². The zero-order valence-electron chi connectivity index (χ0n) is 10.6. The van der Waals surface area contributed by atoms with E-state index in [1.165, 1.54) is 22.5 Å². The summed E-state index contributed by atoms with van der Waals surface area (Å²) in [4.78, 5) is 11.3. The Morgan fingerprint density at radius 1 is 1.30 bits per heavy atom. The van der Waals surface area contributed by atoms with E-state index in [0.29, 0.717) is 24.4 Å². The number of piperidine rings is 1. The molecule has 1 aromatic carbocycles. The van der Waals surface area contributed by atoms with Crippen molar-refractivity contribution in [3.8, 4) is 0 Å². The first-order chi connectivity index (χ1) is 9.32. The molecule has 0 aromatic heterocycles. The first-order valence-electron chi connectivity index (χ1n) is 6.07. The van der Waals surface area contributed by atoms with Crippen molar-refractivity contribution in [3.63, 3.8) is 0 Å². The zero-order valence-corrected chi connectivity index (χ0v) is 12.9. The number of carbonyl (C=O) groups excluding carboxylic acids is 1. The van der Waals surface area contributed by atoms with Crippen molar-refractivity contribution >= 4 is 39.1 Å². The Labute approximate surface area is 127 Å². The Hall–Kier alpha value is -0.820. The van der Waals surface area contributed by atoms with Crippen LogP contribution in [0.25, 0.3) is 0 Å². The number of benzene rings is 1. The van der Waals surface area contributed by atoms with Gasteiger partial charge in [-0.05, 0) is 31.0 Å². The van der Waals surface area contributed by atoms with E-state index in [9.17, 15) is 13.2 Å². The van der Waals surface area contributed by atoms with Crippen LogP contribution in [0, 0.1) is 5.92 Å². The molecule has 1 aliphatic heterocycles. The van der Waals surface area contributed by atoms with Crippen LogP contribution in [0.15, 0.2) is 23.1 Å². The van der Waals surface area contributed by atoms with E-state index in [-0.39, 0.29) is 16.5 Å². The maximum Gasteiger partial charge on any atom is 0.243 e. The molecule has 2 rings (SSSR count). The molecule has 1 fully saturated rings. The van der Waals surface area contributed by atoms with Gasteiger partial charge in [-0.1, -0.05) is 23.2 Å². The smallest absolute Gasteiger partial charge is 0.243 e. The third-order valence-corrected chi connectivity index (χ3v) is 5.92. The second kappa shape index (κ2) is 5.89. The Bertz CT molecular complexity index is 634. The van der Waals surface area contributed by atoms with Crippen LogP contribution in [-0.2, 0) is 14.8 Å². The number of sulfonamides is 1. The van der Waals surface area contributed by atoms with E-state index in [4.69, 9.17) is 28.9 Å². The Morgan fingerprint density at radius 3 is 2.60 bits per heavy atom. The van der Waals surface area contributed by atoms with Gasteiger partial charge in [0, 0.05) is 13.1 Å². The van der Waals surface area contributed by atoms with Gasteiger partial charge < -0.3 is 5.73 Å². The number of nitrogens with two attached hydrogens (primary N) is 1. The lowest BCUT2D eigenvalue weighted by atomic mass is 9.99. The summed E-state index contributed by atoms with van der Waals surface area (Å²) in [5.41, 5.74) is 5.26. The van der Waals surface area contributed by atoms with Gasteiger partial charge in [0.15, 0.2) is 0 Å². The number of primary amides is 1. The molecular formula is C12H14Cl2N2O3S. The fourth-order valence-electron chi connectivity index (χ4n) is 2.18. The van der Waals surface area contributed by atoms with Crippen LogP contribution in [0.2, 0.25) is 10.0 Å². The first kappa shape index (κ1) is 15.6. The van der Waals surface area contributed by atoms with E-state index >= 15 is 0 Å². The summed E-state index contributed by atoms with van der Waals surface area (Å²) in [7, 11) is -3.69. The summed E-state index contributed by atoms with van der Waals surface area (Å²) in [5.74, 6) is -0.916. The highest BCUT2D eigenvalue weighted by atomic mass is 35.5. The van der Waals surface area contributed by atoms with Crippen molar-refractivity contribution in [2.24, 2.45) is 11.7 Å². The Morgan fingerprint density at radius 2 is 2.00 bits per heavy atom. The lowest BCUT2D eigenvalue weighted by Crippen LogP contribution is -2.44. The fraction of sp³-hybridized carbons (Fsp3) is 0.417. The summed E-state index contributed by atoms with van der Waals surface area (Å²) >= 11 is 11.6. The second-order valence-corrected chi connectivity index (χ2v) is 7.43. The summed E-state index contributed by atoms with van der Waals surface area (Å²) in [5, 5.41) is 0.468. The van der Waals surface area contributed by atoms with Gasteiger partial charge >= 0.3 is 0 Å². The fourth-order valence-corrected chi connectivity index (χ4v) is 4.09. The SMILES string of the molecule is NC(=O)C1CCCN(S(=O)(=O)c2ccc(Cl)c(Cl)c2)C1. The molecule has 5 nitrogen and oxygen atoms in total. The maximum absolute atomic E-state index is 12.5. The standard InChI is InChI=1S/C12H14Cl2N2O3S/c13-10-4-3-9(6-11(10)14)20(18,19)16-5-1-2-8(7-16)12(15)17/h3-4,6,8H,1-2,5,7H2,(H2,15,17). The number of halogens is 2. The van der Waals surface area contributed by atoms with Crippen LogP contribution in [0.3, 0.4) is 0 Å². The van der Waals surface area contributed by atoms with Gasteiger partial charge in [0.1, 0.15) is 0 Å². The van der Waals surface area contributed by atoms with Gasteiger partial charge in [0.05, 0.1) is 20.9 Å². The van der Waals surface area contributed by atoms with Gasteiger partial charge in [-0.2, -0.15) is 4.31 Å². The van der Waals surface area contributed by atoms with Gasteiger partial charge in [0.25, 0.3) is 0 Å². The summed E-state index contributed by atoms with van der Waals surface area (Å²) in [6.45, 7) is 0.476. The topological polar surface area (TPSA) is 80.5 Å². The second-order valence-electron chi connectivity index (χ2n) is 4.68. The van der Waals surface area contributed by atoms with Crippen molar-refractivity contribution in [1.29, 1.82) is 0 Å². The molecule has 0 saturated carbocycles. The molecule has 2 N–H and O–H groups in total. The lowest BCUT2D eigenvalue weighted by Gasteiger charge is -2.30. The van der Waals surface area contributed by atoms with Gasteiger partial charge in [-0.25, -0.2) is 8.42 Å². The third kappa shape index (κ3) is 3.09. The number of carbonyl (C=O) groups is 1. The normalized spacial score (nSPS) is 20.8. The molecule has 1 aliphatic rings. The third-order valence-electron chi connectivity index (χ3n) is 3.32. The highest BCUT2D eigenvalue weighted by molar-refractivity contribution is 7.89. The monoisotopic (exact) mass is 336 g/mol. The molecule has 1 amide bonds. The Kier molecular flexibility index (Phi) is 4.59. The average molecular weight is 337 g/mol. The van der Waals surface area contributed by atoms with Gasteiger partial charge in [-0.3, -0.25) is 4.79 Å². The molecule has 1 atom stereocenters. The zero-order chi connectivity index (χ0) is 14.9. The van der Waals surface area contributed by atoms with E-state index in [0.717, 1.165) is 0 Å². The van der Waals surface area contributed by atoms with E-state index < -0.39 is 21.8 Å². The van der Waals surface area contributed by atoms with Crippen molar-refractivity contribution in [3.05, 3.63) is 28.2 Å². The minimum Gasteiger partial charge on any atom is -0.369 e. The van der Waals surface area contributed by atoms with Crippen molar-refractivity contribution in [1.82, 2.24) is 4.31 Å². The predicted molar refractivity (Wildman–Crippen MR) is 77.1 cm³/mol. The summed E-state index contributed by atoms with van der Waals surface area (Å²) in [6, 6.07) is 4.15.